The quantitative estimate of drug-likeness (QED) is 0.464. The summed E-state index contributed by atoms with van der Waals surface area (Å²) in [7, 11) is 3.23. The number of hydrogen-bond donors (Lipinski definition) is 0. The van der Waals surface area contributed by atoms with Gasteiger partial charge in [-0.1, -0.05) is 11.6 Å². The van der Waals surface area contributed by atoms with E-state index in [1.807, 2.05) is 0 Å². The van der Waals surface area contributed by atoms with Gasteiger partial charge in [0.25, 0.3) is 11.6 Å². The molecule has 0 radical (unpaired) electrons. The number of halogens is 1. The first-order valence-electron chi connectivity index (χ1n) is 8.26. The van der Waals surface area contributed by atoms with Crippen LogP contribution in [-0.2, 0) is 6.54 Å². The summed E-state index contributed by atoms with van der Waals surface area (Å²) in [5.41, 5.74) is 1.78. The summed E-state index contributed by atoms with van der Waals surface area (Å²) in [6, 6.07) is 11.1. The molecule has 0 saturated heterocycles. The second-order valence-corrected chi connectivity index (χ2v) is 6.50. The Labute approximate surface area is 166 Å². The maximum Gasteiger partial charge on any atom is 0.269 e. The van der Waals surface area contributed by atoms with Crippen molar-refractivity contribution in [3.05, 3.63) is 81.1 Å². The highest BCUT2D eigenvalue weighted by molar-refractivity contribution is 6.30. The minimum atomic E-state index is -0.471. The molecule has 0 saturated carbocycles. The van der Waals surface area contributed by atoms with Crippen LogP contribution < -0.4 is 4.74 Å². The van der Waals surface area contributed by atoms with Crippen LogP contribution in [0.15, 0.2) is 54.9 Å². The molecule has 2 aromatic carbocycles. The summed E-state index contributed by atoms with van der Waals surface area (Å²) in [6.07, 6.45) is 3.03. The van der Waals surface area contributed by atoms with Gasteiger partial charge in [0.1, 0.15) is 5.75 Å². The third-order valence-corrected chi connectivity index (χ3v) is 4.39. The van der Waals surface area contributed by atoms with Crippen LogP contribution in [-0.4, -0.2) is 39.7 Å². The maximum absolute atomic E-state index is 12.7. The lowest BCUT2D eigenvalue weighted by Gasteiger charge is -2.18. The summed E-state index contributed by atoms with van der Waals surface area (Å²) in [5.74, 6) is 0.417. The van der Waals surface area contributed by atoms with Gasteiger partial charge in [-0.2, -0.15) is 5.10 Å². The predicted octanol–water partition coefficient (Wildman–Crippen LogP) is 3.71. The third-order valence-electron chi connectivity index (χ3n) is 4.15. The lowest BCUT2D eigenvalue weighted by atomic mass is 10.2. The molecular weight excluding hydrogens is 384 g/mol. The fourth-order valence-electron chi connectivity index (χ4n) is 2.72. The van der Waals surface area contributed by atoms with E-state index in [9.17, 15) is 14.9 Å². The van der Waals surface area contributed by atoms with E-state index in [1.54, 1.807) is 50.7 Å². The molecular formula is C19H17ClN4O4. The molecule has 1 aromatic heterocycles. The fourth-order valence-corrected chi connectivity index (χ4v) is 2.91. The van der Waals surface area contributed by atoms with Gasteiger partial charge < -0.3 is 9.64 Å². The second kappa shape index (κ2) is 8.10. The van der Waals surface area contributed by atoms with Gasteiger partial charge in [0.15, 0.2) is 0 Å². The molecule has 0 atom stereocenters. The molecule has 28 heavy (non-hydrogen) atoms. The van der Waals surface area contributed by atoms with E-state index < -0.39 is 4.92 Å². The van der Waals surface area contributed by atoms with E-state index in [0.29, 0.717) is 28.6 Å². The Bertz CT molecular complexity index is 1020. The van der Waals surface area contributed by atoms with Crippen molar-refractivity contribution in [3.8, 4) is 11.4 Å². The normalized spacial score (nSPS) is 10.5. The minimum Gasteiger partial charge on any atom is -0.496 e. The average Bonchev–Trinajstić information content (AvgIpc) is 3.17. The smallest absolute Gasteiger partial charge is 0.269 e. The number of rotatable bonds is 6. The van der Waals surface area contributed by atoms with Crippen molar-refractivity contribution in [1.29, 1.82) is 0 Å². The van der Waals surface area contributed by atoms with Gasteiger partial charge in [-0.25, -0.2) is 4.68 Å². The highest BCUT2D eigenvalue weighted by Crippen LogP contribution is 2.24. The van der Waals surface area contributed by atoms with Gasteiger partial charge in [-0.3, -0.25) is 14.9 Å². The van der Waals surface area contributed by atoms with Crippen LogP contribution in [0.2, 0.25) is 5.02 Å². The summed E-state index contributed by atoms with van der Waals surface area (Å²) >= 11 is 6.04. The Morgan fingerprint density at radius 1 is 1.29 bits per heavy atom. The molecule has 0 aliphatic rings. The van der Waals surface area contributed by atoms with Crippen LogP contribution in [0.3, 0.4) is 0 Å². The van der Waals surface area contributed by atoms with Crippen LogP contribution in [0.5, 0.6) is 5.75 Å². The molecule has 3 aromatic rings. The number of carbonyl (C=O) groups excluding carboxylic acids is 1. The molecule has 0 unspecified atom stereocenters. The maximum atomic E-state index is 12.7. The Balaban J connectivity index is 1.76. The number of amides is 1. The number of nitrogens with zero attached hydrogens (tertiary/aromatic N) is 4. The zero-order valence-corrected chi connectivity index (χ0v) is 16.0. The summed E-state index contributed by atoms with van der Waals surface area (Å²) in [5, 5.41) is 15.5. The van der Waals surface area contributed by atoms with Gasteiger partial charge in [0.05, 0.1) is 29.5 Å². The molecule has 1 amide bonds. The molecule has 0 fully saturated rings. The zero-order chi connectivity index (χ0) is 20.3. The van der Waals surface area contributed by atoms with Crippen LogP contribution >= 0.6 is 11.6 Å². The lowest BCUT2D eigenvalue weighted by molar-refractivity contribution is -0.384. The highest BCUT2D eigenvalue weighted by Gasteiger charge is 2.17. The number of non-ortho nitro benzene ring substituents is 1. The SMILES string of the molecule is COc1ccc(Cl)cc1CN(C)C(=O)c1cnn(-c2ccc([N+](=O)[O-])cc2)c1. The summed E-state index contributed by atoms with van der Waals surface area (Å²) < 4.78 is 6.80. The summed E-state index contributed by atoms with van der Waals surface area (Å²) in [4.78, 5) is 24.5. The number of ether oxygens (including phenoxy) is 1. The second-order valence-electron chi connectivity index (χ2n) is 6.06. The molecule has 144 valence electrons. The topological polar surface area (TPSA) is 90.5 Å². The van der Waals surface area contributed by atoms with E-state index in [1.165, 1.54) is 27.9 Å². The van der Waals surface area contributed by atoms with Crippen LogP contribution in [0, 0.1) is 10.1 Å². The third kappa shape index (κ3) is 4.12. The van der Waals surface area contributed by atoms with Gasteiger partial charge in [-0.15, -0.1) is 0 Å². The average molecular weight is 401 g/mol. The van der Waals surface area contributed by atoms with Crippen molar-refractivity contribution in [2.24, 2.45) is 0 Å². The van der Waals surface area contributed by atoms with Gasteiger partial charge >= 0.3 is 0 Å². The first kappa shape index (κ1) is 19.4. The molecule has 3 rings (SSSR count). The molecule has 0 bridgehead atoms. The molecule has 0 aliphatic heterocycles. The number of carbonyl (C=O) groups is 1. The monoisotopic (exact) mass is 400 g/mol. The Kier molecular flexibility index (Phi) is 5.60. The minimum absolute atomic E-state index is 0.0117. The Morgan fingerprint density at radius 3 is 2.64 bits per heavy atom. The number of nitro groups is 1. The van der Waals surface area contributed by atoms with E-state index >= 15 is 0 Å². The van der Waals surface area contributed by atoms with Crippen LogP contribution in [0.1, 0.15) is 15.9 Å². The largest absolute Gasteiger partial charge is 0.496 e. The number of methoxy groups -OCH3 is 1. The van der Waals surface area contributed by atoms with Crippen LogP contribution in [0.4, 0.5) is 5.69 Å². The van der Waals surface area contributed by atoms with Crippen molar-refractivity contribution in [2.75, 3.05) is 14.2 Å². The van der Waals surface area contributed by atoms with Crippen molar-refractivity contribution < 1.29 is 14.5 Å². The van der Waals surface area contributed by atoms with E-state index in [0.717, 1.165) is 5.56 Å². The molecule has 0 aliphatic carbocycles. The number of aromatic nitrogens is 2. The van der Waals surface area contributed by atoms with E-state index in [-0.39, 0.29) is 11.6 Å². The Morgan fingerprint density at radius 2 is 2.00 bits per heavy atom. The number of benzene rings is 2. The van der Waals surface area contributed by atoms with Crippen molar-refractivity contribution in [2.45, 2.75) is 6.54 Å². The van der Waals surface area contributed by atoms with E-state index in [4.69, 9.17) is 16.3 Å². The van der Waals surface area contributed by atoms with Crippen LogP contribution in [0.25, 0.3) is 5.69 Å². The Hall–Kier alpha value is -3.39. The van der Waals surface area contributed by atoms with Gasteiger partial charge in [-0.05, 0) is 30.3 Å². The van der Waals surface area contributed by atoms with Gasteiger partial charge in [0.2, 0.25) is 0 Å². The number of nitro benzene ring substituents is 1. The van der Waals surface area contributed by atoms with Gasteiger partial charge in [0, 0.05) is 42.5 Å². The standard InChI is InChI=1S/C19H17ClN4O4/c1-22(11-13-9-15(20)3-8-18(13)28-2)19(25)14-10-21-23(12-14)16-4-6-17(7-5-16)24(26)27/h3-10,12H,11H2,1-2H3. The van der Waals surface area contributed by atoms with Crippen molar-refractivity contribution >= 4 is 23.2 Å². The number of hydrogen-bond acceptors (Lipinski definition) is 5. The molecule has 0 N–H and O–H groups in total. The van der Waals surface area contributed by atoms with Crippen molar-refractivity contribution in [1.82, 2.24) is 14.7 Å². The molecule has 9 heteroatoms. The first-order valence-corrected chi connectivity index (χ1v) is 8.64. The fraction of sp³-hybridized carbons (Fsp3) is 0.158. The van der Waals surface area contributed by atoms with E-state index in [2.05, 4.69) is 5.10 Å². The first-order chi connectivity index (χ1) is 13.4. The molecule has 8 nitrogen and oxygen atoms in total. The highest BCUT2D eigenvalue weighted by atomic mass is 35.5. The lowest BCUT2D eigenvalue weighted by Crippen LogP contribution is -2.26. The molecule has 0 spiro atoms. The molecule has 1 heterocycles. The van der Waals surface area contributed by atoms with Crippen molar-refractivity contribution in [3.63, 3.8) is 0 Å². The summed E-state index contributed by atoms with van der Waals surface area (Å²) in [6.45, 7) is 0.311. The zero-order valence-electron chi connectivity index (χ0n) is 15.2. The predicted molar refractivity (Wildman–Crippen MR) is 104 cm³/mol.